The van der Waals surface area contributed by atoms with Crippen molar-refractivity contribution in [2.75, 3.05) is 6.54 Å². The molecule has 0 radical (unpaired) electrons. The lowest BCUT2D eigenvalue weighted by Crippen LogP contribution is -2.55. The Balaban J connectivity index is 1.81. The second-order valence-corrected chi connectivity index (χ2v) is 4.12. The number of hydrogen-bond donors (Lipinski definition) is 1. The summed E-state index contributed by atoms with van der Waals surface area (Å²) in [6.45, 7) is 1.29. The molecule has 2 aliphatic carbocycles. The Morgan fingerprint density at radius 2 is 1.89 bits per heavy atom. The van der Waals surface area contributed by atoms with Gasteiger partial charge in [-0.2, -0.15) is 0 Å². The molecule has 3 aliphatic rings. The van der Waals surface area contributed by atoms with E-state index < -0.39 is 0 Å². The Kier molecular flexibility index (Phi) is 0.628. The number of rotatable bonds is 0. The van der Waals surface area contributed by atoms with Crippen LogP contribution in [0.1, 0.15) is 25.7 Å². The molecule has 1 aliphatic heterocycles. The van der Waals surface area contributed by atoms with Gasteiger partial charge in [0.25, 0.3) is 0 Å². The molecule has 2 atom stereocenters. The van der Waals surface area contributed by atoms with Crippen LogP contribution in [-0.2, 0) is 0 Å². The molecular formula is C8H13N. The molecular weight excluding hydrogens is 110 g/mol. The topological polar surface area (TPSA) is 12.0 Å². The normalized spacial score (nSPS) is 61.3. The second-order valence-electron chi connectivity index (χ2n) is 4.12. The third-order valence-electron chi connectivity index (χ3n) is 3.48. The summed E-state index contributed by atoms with van der Waals surface area (Å²) >= 11 is 0. The highest BCUT2D eigenvalue weighted by atomic mass is 15.1. The zero-order valence-corrected chi connectivity index (χ0v) is 5.69. The van der Waals surface area contributed by atoms with Gasteiger partial charge in [-0.25, -0.2) is 0 Å². The van der Waals surface area contributed by atoms with Crippen LogP contribution in [-0.4, -0.2) is 12.1 Å². The van der Waals surface area contributed by atoms with Crippen molar-refractivity contribution < 1.29 is 0 Å². The van der Waals surface area contributed by atoms with Crippen LogP contribution in [0.3, 0.4) is 0 Å². The van der Waals surface area contributed by atoms with E-state index in [0.29, 0.717) is 5.54 Å². The molecule has 1 heteroatoms. The van der Waals surface area contributed by atoms with E-state index in [9.17, 15) is 0 Å². The Bertz CT molecular complexity index is 137. The van der Waals surface area contributed by atoms with Crippen LogP contribution < -0.4 is 5.32 Å². The van der Waals surface area contributed by atoms with Gasteiger partial charge in [-0.05, 0) is 44.1 Å². The van der Waals surface area contributed by atoms with Gasteiger partial charge in [0.1, 0.15) is 0 Å². The van der Waals surface area contributed by atoms with Crippen LogP contribution in [0.2, 0.25) is 0 Å². The first-order valence-electron chi connectivity index (χ1n) is 4.13. The van der Waals surface area contributed by atoms with Crippen molar-refractivity contribution >= 4 is 0 Å². The van der Waals surface area contributed by atoms with E-state index in [1.54, 1.807) is 6.42 Å². The van der Waals surface area contributed by atoms with Crippen LogP contribution in [0, 0.1) is 11.8 Å². The van der Waals surface area contributed by atoms with Crippen molar-refractivity contribution in [3.63, 3.8) is 0 Å². The van der Waals surface area contributed by atoms with Gasteiger partial charge < -0.3 is 5.32 Å². The molecule has 1 N–H and O–H groups in total. The van der Waals surface area contributed by atoms with Gasteiger partial charge in [0.2, 0.25) is 0 Å². The van der Waals surface area contributed by atoms with Gasteiger partial charge in [-0.1, -0.05) is 0 Å². The van der Waals surface area contributed by atoms with Crippen LogP contribution in [0.4, 0.5) is 0 Å². The monoisotopic (exact) mass is 123 g/mol. The summed E-state index contributed by atoms with van der Waals surface area (Å²) in [5.74, 6) is 2.30. The van der Waals surface area contributed by atoms with Crippen molar-refractivity contribution in [3.05, 3.63) is 0 Å². The molecule has 2 saturated carbocycles. The van der Waals surface area contributed by atoms with Gasteiger partial charge in [0.15, 0.2) is 0 Å². The second kappa shape index (κ2) is 1.20. The first-order valence-corrected chi connectivity index (χ1v) is 4.13. The fourth-order valence-electron chi connectivity index (χ4n) is 2.72. The summed E-state index contributed by atoms with van der Waals surface area (Å²) in [5, 5.41) is 3.58. The standard InChI is InChI=1S/C8H13N/c1-2-9-8(1)4-6-3-7(6)5-8/h6-7,9H,1-5H2. The number of nitrogens with one attached hydrogen (secondary N) is 1. The van der Waals surface area contributed by atoms with Crippen molar-refractivity contribution in [1.29, 1.82) is 0 Å². The van der Waals surface area contributed by atoms with E-state index in [4.69, 9.17) is 0 Å². The van der Waals surface area contributed by atoms with E-state index >= 15 is 0 Å². The Labute approximate surface area is 55.8 Å². The molecule has 0 amide bonds. The number of hydrogen-bond acceptors (Lipinski definition) is 1. The molecule has 0 aromatic rings. The van der Waals surface area contributed by atoms with Gasteiger partial charge in [0, 0.05) is 5.54 Å². The zero-order valence-electron chi connectivity index (χ0n) is 5.69. The third-order valence-corrected chi connectivity index (χ3v) is 3.48. The molecule has 2 unspecified atom stereocenters. The molecule has 1 spiro atoms. The van der Waals surface area contributed by atoms with E-state index in [1.165, 1.54) is 25.8 Å². The molecule has 1 nitrogen and oxygen atoms in total. The smallest absolute Gasteiger partial charge is 0.0199 e. The minimum Gasteiger partial charge on any atom is -0.311 e. The fourth-order valence-corrected chi connectivity index (χ4v) is 2.72. The van der Waals surface area contributed by atoms with Crippen LogP contribution in [0.25, 0.3) is 0 Å². The van der Waals surface area contributed by atoms with Crippen molar-refractivity contribution in [1.82, 2.24) is 5.32 Å². The molecule has 0 aromatic heterocycles. The average Bonchev–Trinajstić information content (AvgIpc) is 2.37. The van der Waals surface area contributed by atoms with Crippen molar-refractivity contribution in [2.24, 2.45) is 11.8 Å². The molecule has 3 fully saturated rings. The first-order chi connectivity index (χ1) is 4.38. The molecule has 1 heterocycles. The minimum atomic E-state index is 0.688. The lowest BCUT2D eigenvalue weighted by Gasteiger charge is -2.41. The van der Waals surface area contributed by atoms with E-state index in [-0.39, 0.29) is 0 Å². The highest BCUT2D eigenvalue weighted by Crippen LogP contribution is 2.58. The summed E-state index contributed by atoms with van der Waals surface area (Å²) in [6, 6.07) is 0. The fraction of sp³-hybridized carbons (Fsp3) is 1.00. The minimum absolute atomic E-state index is 0.688. The molecule has 50 valence electrons. The summed E-state index contributed by atoms with van der Waals surface area (Å²) in [6.07, 6.45) is 6.05. The van der Waals surface area contributed by atoms with Gasteiger partial charge >= 0.3 is 0 Å². The van der Waals surface area contributed by atoms with Crippen molar-refractivity contribution in [3.8, 4) is 0 Å². The highest BCUT2D eigenvalue weighted by molar-refractivity contribution is 5.11. The summed E-state index contributed by atoms with van der Waals surface area (Å²) in [4.78, 5) is 0. The Hall–Kier alpha value is -0.0400. The molecule has 1 saturated heterocycles. The van der Waals surface area contributed by atoms with Gasteiger partial charge in [0.05, 0.1) is 0 Å². The van der Waals surface area contributed by atoms with E-state index in [1.807, 2.05) is 0 Å². The SMILES string of the molecule is C1CC2(CC3CC3C2)N1. The molecule has 0 aromatic carbocycles. The maximum atomic E-state index is 3.58. The van der Waals surface area contributed by atoms with Gasteiger partial charge in [-0.15, -0.1) is 0 Å². The summed E-state index contributed by atoms with van der Waals surface area (Å²) < 4.78 is 0. The van der Waals surface area contributed by atoms with Crippen molar-refractivity contribution in [2.45, 2.75) is 31.2 Å². The summed E-state index contributed by atoms with van der Waals surface area (Å²) in [5.41, 5.74) is 0.688. The molecule has 0 bridgehead atoms. The third kappa shape index (κ3) is 0.493. The Morgan fingerprint density at radius 1 is 1.22 bits per heavy atom. The maximum absolute atomic E-state index is 3.58. The average molecular weight is 123 g/mol. The maximum Gasteiger partial charge on any atom is 0.0199 e. The molecule has 3 rings (SSSR count). The van der Waals surface area contributed by atoms with E-state index in [0.717, 1.165) is 11.8 Å². The van der Waals surface area contributed by atoms with Crippen LogP contribution in [0.5, 0.6) is 0 Å². The number of fused-ring (bicyclic) bond motifs is 1. The predicted molar refractivity (Wildman–Crippen MR) is 36.2 cm³/mol. The predicted octanol–water partition coefficient (Wildman–Crippen LogP) is 1.15. The highest BCUT2D eigenvalue weighted by Gasteiger charge is 2.55. The lowest BCUT2D eigenvalue weighted by atomic mass is 9.83. The van der Waals surface area contributed by atoms with Crippen LogP contribution in [0.15, 0.2) is 0 Å². The quantitative estimate of drug-likeness (QED) is 0.509. The first kappa shape index (κ1) is 4.73. The Morgan fingerprint density at radius 3 is 2.22 bits per heavy atom. The molecule has 9 heavy (non-hydrogen) atoms. The van der Waals surface area contributed by atoms with E-state index in [2.05, 4.69) is 5.32 Å². The zero-order chi connectivity index (χ0) is 5.90. The largest absolute Gasteiger partial charge is 0.311 e. The summed E-state index contributed by atoms with van der Waals surface area (Å²) in [7, 11) is 0. The van der Waals surface area contributed by atoms with Gasteiger partial charge in [-0.3, -0.25) is 0 Å². The lowest BCUT2D eigenvalue weighted by molar-refractivity contribution is 0.194. The van der Waals surface area contributed by atoms with Crippen LogP contribution >= 0.6 is 0 Å².